The molecule has 0 aromatic carbocycles. The molecule has 2 heterocycles. The monoisotopic (exact) mass is 289 g/mol. The summed E-state index contributed by atoms with van der Waals surface area (Å²) in [6.45, 7) is 1.80. The van der Waals surface area contributed by atoms with Crippen molar-refractivity contribution in [1.29, 1.82) is 0 Å². The van der Waals surface area contributed by atoms with Crippen LogP contribution in [0.25, 0.3) is 0 Å². The fourth-order valence-corrected chi connectivity index (χ4v) is 3.71. The van der Waals surface area contributed by atoms with E-state index < -0.39 is 5.97 Å². The van der Waals surface area contributed by atoms with E-state index in [9.17, 15) is 9.59 Å². The Morgan fingerprint density at radius 3 is 2.90 bits per heavy atom. The highest BCUT2D eigenvalue weighted by atomic mass is 32.1. The average Bonchev–Trinajstić information content (AvgIpc) is 3.04. The number of hydrogen-bond acceptors (Lipinski definition) is 4. The van der Waals surface area contributed by atoms with Crippen LogP contribution in [0.5, 0.6) is 0 Å². The Morgan fingerprint density at radius 1 is 1.45 bits per heavy atom. The predicted octanol–water partition coefficient (Wildman–Crippen LogP) is 3.08. The largest absolute Gasteiger partial charge is 0.465 e. The number of methoxy groups -OCH3 is 1. The van der Waals surface area contributed by atoms with Crippen LogP contribution in [-0.4, -0.2) is 23.8 Å². The molecule has 1 atom stereocenters. The molecule has 0 aliphatic heterocycles. The molecule has 1 N–H and O–H groups in total. The molecule has 5 heteroatoms. The molecular weight excluding hydrogens is 274 g/mol. The third kappa shape index (κ3) is 1.98. The fraction of sp³-hybridized carbons (Fsp3) is 0.333. The van der Waals surface area contributed by atoms with Gasteiger partial charge in [-0.05, 0) is 24.8 Å². The Bertz CT molecular complexity index is 670. The van der Waals surface area contributed by atoms with Gasteiger partial charge >= 0.3 is 5.97 Å². The minimum Gasteiger partial charge on any atom is -0.465 e. The van der Waals surface area contributed by atoms with Gasteiger partial charge in [-0.2, -0.15) is 0 Å². The first kappa shape index (κ1) is 13.1. The van der Waals surface area contributed by atoms with E-state index in [0.29, 0.717) is 23.2 Å². The van der Waals surface area contributed by atoms with Crippen LogP contribution in [0.2, 0.25) is 0 Å². The molecule has 0 amide bonds. The topological polar surface area (TPSA) is 59.2 Å². The number of nitrogens with one attached hydrogen (secondary N) is 1. The highest BCUT2D eigenvalue weighted by Crippen LogP contribution is 2.36. The molecule has 20 heavy (non-hydrogen) atoms. The molecule has 3 rings (SSSR count). The van der Waals surface area contributed by atoms with Crippen molar-refractivity contribution in [3.05, 3.63) is 44.9 Å². The van der Waals surface area contributed by atoms with Crippen molar-refractivity contribution in [2.75, 3.05) is 7.11 Å². The molecule has 1 aliphatic rings. The van der Waals surface area contributed by atoms with Crippen LogP contribution >= 0.6 is 11.3 Å². The predicted molar refractivity (Wildman–Crippen MR) is 76.6 cm³/mol. The van der Waals surface area contributed by atoms with Crippen molar-refractivity contribution in [2.45, 2.75) is 25.7 Å². The number of carbonyl (C=O) groups is 2. The lowest BCUT2D eigenvalue weighted by atomic mass is 9.84. The van der Waals surface area contributed by atoms with E-state index in [-0.39, 0.29) is 11.7 Å². The van der Waals surface area contributed by atoms with Crippen LogP contribution in [0, 0.1) is 6.92 Å². The molecule has 0 radical (unpaired) electrons. The summed E-state index contributed by atoms with van der Waals surface area (Å²) in [5.74, 6) is -0.212. The zero-order chi connectivity index (χ0) is 14.3. The highest BCUT2D eigenvalue weighted by molar-refractivity contribution is 7.10. The molecule has 0 fully saturated rings. The van der Waals surface area contributed by atoms with Crippen LogP contribution in [-0.2, 0) is 11.2 Å². The Labute approximate surface area is 120 Å². The van der Waals surface area contributed by atoms with E-state index in [0.717, 1.165) is 12.1 Å². The quantitative estimate of drug-likeness (QED) is 0.864. The van der Waals surface area contributed by atoms with Crippen molar-refractivity contribution in [3.8, 4) is 0 Å². The number of Topliss-reactive ketones (excluding diaryl/α,β-unsaturated/α-hetero) is 1. The molecule has 4 nitrogen and oxygen atoms in total. The van der Waals surface area contributed by atoms with Crippen LogP contribution < -0.4 is 0 Å². The van der Waals surface area contributed by atoms with Crippen molar-refractivity contribution < 1.29 is 14.3 Å². The minimum absolute atomic E-state index is 0.0226. The van der Waals surface area contributed by atoms with Gasteiger partial charge in [0.15, 0.2) is 5.78 Å². The number of H-pyrrole nitrogens is 1. The summed E-state index contributed by atoms with van der Waals surface area (Å²) in [7, 11) is 1.34. The first-order valence-electron chi connectivity index (χ1n) is 6.48. The van der Waals surface area contributed by atoms with Crippen molar-refractivity contribution in [1.82, 2.24) is 4.98 Å². The summed E-state index contributed by atoms with van der Waals surface area (Å²) in [5.41, 5.74) is 2.50. The van der Waals surface area contributed by atoms with Gasteiger partial charge < -0.3 is 9.72 Å². The molecule has 1 aliphatic carbocycles. The second kappa shape index (κ2) is 4.90. The van der Waals surface area contributed by atoms with E-state index in [1.54, 1.807) is 18.3 Å². The smallest absolute Gasteiger partial charge is 0.340 e. The number of ether oxygens (including phenoxy) is 1. The van der Waals surface area contributed by atoms with Gasteiger partial charge in [-0.1, -0.05) is 6.07 Å². The molecule has 104 valence electrons. The maximum atomic E-state index is 12.4. The number of esters is 1. The summed E-state index contributed by atoms with van der Waals surface area (Å²) in [5, 5.41) is 2.02. The number of aromatic amines is 1. The lowest BCUT2D eigenvalue weighted by molar-refractivity contribution is 0.0596. The third-order valence-electron chi connectivity index (χ3n) is 3.76. The number of carbonyl (C=O) groups excluding carboxylic acids is 2. The molecule has 0 saturated carbocycles. The van der Waals surface area contributed by atoms with Crippen molar-refractivity contribution >= 4 is 23.1 Å². The summed E-state index contributed by atoms with van der Waals surface area (Å²) >= 11 is 1.67. The number of thiophene rings is 1. The standard InChI is InChI=1S/C15H15NO3S/c1-8-13(15(18)19-2)14-10(16-8)6-9(7-11(14)17)12-4-3-5-20-12/h3-5,9,16H,6-7H2,1-2H3. The van der Waals surface area contributed by atoms with E-state index in [2.05, 4.69) is 11.1 Å². The number of fused-ring (bicyclic) bond motifs is 1. The van der Waals surface area contributed by atoms with Crippen LogP contribution in [0.1, 0.15) is 49.3 Å². The van der Waals surface area contributed by atoms with E-state index >= 15 is 0 Å². The fourth-order valence-electron chi connectivity index (χ4n) is 2.88. The first-order chi connectivity index (χ1) is 9.61. The zero-order valence-electron chi connectivity index (χ0n) is 11.4. The second-order valence-electron chi connectivity index (χ2n) is 5.01. The lowest BCUT2D eigenvalue weighted by Crippen LogP contribution is -2.20. The number of aryl methyl sites for hydroxylation is 1. The molecule has 2 aromatic heterocycles. The number of hydrogen-bond donors (Lipinski definition) is 1. The SMILES string of the molecule is COC(=O)c1c(C)[nH]c2c1C(=O)CC(c1cccs1)C2. The number of ketones is 1. The summed E-state index contributed by atoms with van der Waals surface area (Å²) in [4.78, 5) is 28.7. The van der Waals surface area contributed by atoms with E-state index in [1.165, 1.54) is 12.0 Å². The maximum Gasteiger partial charge on any atom is 0.340 e. The van der Waals surface area contributed by atoms with Crippen molar-refractivity contribution in [3.63, 3.8) is 0 Å². The maximum absolute atomic E-state index is 12.4. The van der Waals surface area contributed by atoms with E-state index in [4.69, 9.17) is 4.74 Å². The average molecular weight is 289 g/mol. The Hall–Kier alpha value is -1.88. The summed E-state index contributed by atoms with van der Waals surface area (Å²) in [6.07, 6.45) is 1.22. The minimum atomic E-state index is -0.442. The zero-order valence-corrected chi connectivity index (χ0v) is 12.2. The molecule has 0 bridgehead atoms. The summed E-state index contributed by atoms with van der Waals surface area (Å²) < 4.78 is 4.78. The lowest BCUT2D eigenvalue weighted by Gasteiger charge is -2.20. The Balaban J connectivity index is 2.03. The van der Waals surface area contributed by atoms with Crippen LogP contribution in [0.3, 0.4) is 0 Å². The van der Waals surface area contributed by atoms with Gasteiger partial charge in [-0.15, -0.1) is 11.3 Å². The van der Waals surface area contributed by atoms with Gasteiger partial charge in [0.2, 0.25) is 0 Å². The molecule has 0 saturated heterocycles. The number of rotatable bonds is 2. The van der Waals surface area contributed by atoms with Gasteiger partial charge in [0, 0.05) is 28.6 Å². The second-order valence-corrected chi connectivity index (χ2v) is 5.99. The van der Waals surface area contributed by atoms with Gasteiger partial charge in [0.25, 0.3) is 0 Å². The molecule has 2 aromatic rings. The Kier molecular flexibility index (Phi) is 3.22. The van der Waals surface area contributed by atoms with Gasteiger partial charge in [0.1, 0.15) is 0 Å². The van der Waals surface area contributed by atoms with Gasteiger partial charge in [-0.25, -0.2) is 4.79 Å². The van der Waals surface area contributed by atoms with Gasteiger partial charge in [-0.3, -0.25) is 4.79 Å². The Morgan fingerprint density at radius 2 is 2.25 bits per heavy atom. The normalized spacial score (nSPS) is 17.9. The summed E-state index contributed by atoms with van der Waals surface area (Å²) in [6, 6.07) is 4.06. The van der Waals surface area contributed by atoms with Crippen LogP contribution in [0.15, 0.2) is 17.5 Å². The van der Waals surface area contributed by atoms with Gasteiger partial charge in [0.05, 0.1) is 18.2 Å². The van der Waals surface area contributed by atoms with Crippen LogP contribution in [0.4, 0.5) is 0 Å². The number of aromatic nitrogens is 1. The molecule has 1 unspecified atom stereocenters. The molecule has 0 spiro atoms. The van der Waals surface area contributed by atoms with Crippen molar-refractivity contribution in [2.24, 2.45) is 0 Å². The van der Waals surface area contributed by atoms with E-state index in [1.807, 2.05) is 11.4 Å². The third-order valence-corrected chi connectivity index (χ3v) is 4.80. The highest BCUT2D eigenvalue weighted by Gasteiger charge is 2.33. The molecular formula is C15H15NO3S. The first-order valence-corrected chi connectivity index (χ1v) is 7.36.